The molecule has 1 heterocycles. The Morgan fingerprint density at radius 1 is 1.27 bits per heavy atom. The van der Waals surface area contributed by atoms with Crippen molar-refractivity contribution in [1.82, 2.24) is 9.62 Å². The van der Waals surface area contributed by atoms with Crippen molar-refractivity contribution in [2.24, 2.45) is 5.92 Å². The first-order valence-corrected chi connectivity index (χ1v) is 11.5. The van der Waals surface area contributed by atoms with Crippen molar-refractivity contribution in [3.63, 3.8) is 0 Å². The van der Waals surface area contributed by atoms with Crippen LogP contribution in [0.4, 0.5) is 5.69 Å². The van der Waals surface area contributed by atoms with Crippen LogP contribution in [0.3, 0.4) is 0 Å². The smallest absolute Gasteiger partial charge is 0.243 e. The van der Waals surface area contributed by atoms with E-state index in [2.05, 4.69) is 24.5 Å². The highest BCUT2D eigenvalue weighted by atomic mass is 32.2. The second-order valence-corrected chi connectivity index (χ2v) is 9.24. The molecule has 0 saturated carbocycles. The van der Waals surface area contributed by atoms with E-state index in [4.69, 9.17) is 12.2 Å². The van der Waals surface area contributed by atoms with Gasteiger partial charge in [0, 0.05) is 25.3 Å². The van der Waals surface area contributed by atoms with Crippen LogP contribution >= 0.6 is 12.2 Å². The number of hydrogen-bond acceptors (Lipinski definition) is 3. The molecule has 1 atom stereocenters. The van der Waals surface area contributed by atoms with Gasteiger partial charge in [0.1, 0.15) is 0 Å². The average Bonchev–Trinajstić information content (AvgIpc) is 3.17. The van der Waals surface area contributed by atoms with Crippen molar-refractivity contribution in [3.05, 3.63) is 24.3 Å². The molecule has 0 spiro atoms. The molecular formula is C19H31N3O2S2. The summed E-state index contributed by atoms with van der Waals surface area (Å²) in [6, 6.07) is 6.90. The predicted octanol–water partition coefficient (Wildman–Crippen LogP) is 3.97. The number of anilines is 1. The Balaban J connectivity index is 1.94. The van der Waals surface area contributed by atoms with E-state index in [1.807, 2.05) is 6.07 Å². The lowest BCUT2D eigenvalue weighted by atomic mass is 9.99. The summed E-state index contributed by atoms with van der Waals surface area (Å²) in [6.45, 7) is 6.46. The van der Waals surface area contributed by atoms with Crippen LogP contribution in [-0.4, -0.2) is 37.5 Å². The van der Waals surface area contributed by atoms with E-state index >= 15 is 0 Å². The molecule has 146 valence electrons. The van der Waals surface area contributed by atoms with Gasteiger partial charge in [-0.05, 0) is 55.6 Å². The Kier molecular flexibility index (Phi) is 8.31. The summed E-state index contributed by atoms with van der Waals surface area (Å²) in [4.78, 5) is 0.321. The van der Waals surface area contributed by atoms with E-state index in [0.717, 1.165) is 25.8 Å². The Morgan fingerprint density at radius 2 is 2.00 bits per heavy atom. The van der Waals surface area contributed by atoms with Gasteiger partial charge < -0.3 is 10.6 Å². The molecule has 1 aliphatic rings. The van der Waals surface area contributed by atoms with Crippen molar-refractivity contribution in [2.75, 3.05) is 25.0 Å². The zero-order chi connectivity index (χ0) is 19.0. The maximum atomic E-state index is 12.7. The molecule has 2 N–H and O–H groups in total. The van der Waals surface area contributed by atoms with Gasteiger partial charge in [0.05, 0.1) is 4.90 Å². The fourth-order valence-electron chi connectivity index (χ4n) is 3.17. The number of benzene rings is 1. The minimum atomic E-state index is -3.41. The highest BCUT2D eigenvalue weighted by molar-refractivity contribution is 7.89. The van der Waals surface area contributed by atoms with E-state index in [0.29, 0.717) is 34.7 Å². The Bertz CT molecular complexity index is 686. The number of unbranched alkanes of at least 4 members (excludes halogenated alkanes) is 1. The third-order valence-corrected chi connectivity index (χ3v) is 7.03. The molecule has 0 aliphatic carbocycles. The van der Waals surface area contributed by atoms with Crippen molar-refractivity contribution < 1.29 is 8.42 Å². The predicted molar refractivity (Wildman–Crippen MR) is 112 cm³/mol. The Morgan fingerprint density at radius 3 is 2.65 bits per heavy atom. The number of nitrogens with zero attached hydrogens (tertiary/aromatic N) is 1. The van der Waals surface area contributed by atoms with E-state index in [-0.39, 0.29) is 0 Å². The van der Waals surface area contributed by atoms with Crippen molar-refractivity contribution in [1.29, 1.82) is 0 Å². The normalized spacial score (nSPS) is 16.4. The molecule has 2 rings (SSSR count). The molecule has 0 bridgehead atoms. The van der Waals surface area contributed by atoms with Crippen LogP contribution in [0.1, 0.15) is 52.4 Å². The molecule has 5 nitrogen and oxygen atoms in total. The lowest BCUT2D eigenvalue weighted by Crippen LogP contribution is -2.33. The summed E-state index contributed by atoms with van der Waals surface area (Å²) in [6.07, 6.45) is 6.63. The topological polar surface area (TPSA) is 61.4 Å². The fourth-order valence-corrected chi connectivity index (χ4v) is 4.93. The molecule has 0 aromatic heterocycles. The lowest BCUT2D eigenvalue weighted by Gasteiger charge is -2.18. The number of hydrogen-bond donors (Lipinski definition) is 2. The standard InChI is InChI=1S/C19H31N3O2S2/c1-3-5-9-16(4-2)15-20-19(25)21-17-10-8-11-18(14-17)26(23,24)22-12-6-7-13-22/h8,10-11,14,16H,3-7,9,12-13,15H2,1-2H3,(H2,20,21,25)/t16-/m1/s1. The van der Waals surface area contributed by atoms with Gasteiger partial charge in [0.15, 0.2) is 5.11 Å². The minimum Gasteiger partial charge on any atom is -0.362 e. The summed E-state index contributed by atoms with van der Waals surface area (Å²) < 4.78 is 26.9. The van der Waals surface area contributed by atoms with E-state index in [9.17, 15) is 8.42 Å². The molecule has 0 amide bonds. The quantitative estimate of drug-likeness (QED) is 0.617. The van der Waals surface area contributed by atoms with Crippen molar-refractivity contribution in [3.8, 4) is 0 Å². The summed E-state index contributed by atoms with van der Waals surface area (Å²) in [5.41, 5.74) is 0.698. The van der Waals surface area contributed by atoms with Crippen LogP contribution < -0.4 is 10.6 Å². The zero-order valence-corrected chi connectivity index (χ0v) is 17.5. The molecule has 1 aliphatic heterocycles. The molecule has 7 heteroatoms. The lowest BCUT2D eigenvalue weighted by molar-refractivity contribution is 0.446. The van der Waals surface area contributed by atoms with E-state index in [1.165, 1.54) is 19.3 Å². The minimum absolute atomic E-state index is 0.321. The molecule has 1 fully saturated rings. The van der Waals surface area contributed by atoms with Gasteiger partial charge >= 0.3 is 0 Å². The largest absolute Gasteiger partial charge is 0.362 e. The fraction of sp³-hybridized carbons (Fsp3) is 0.632. The van der Waals surface area contributed by atoms with Gasteiger partial charge in [0.2, 0.25) is 10.0 Å². The summed E-state index contributed by atoms with van der Waals surface area (Å²) in [5.74, 6) is 0.608. The highest BCUT2D eigenvalue weighted by Gasteiger charge is 2.27. The van der Waals surface area contributed by atoms with Gasteiger partial charge in [0.25, 0.3) is 0 Å². The zero-order valence-electron chi connectivity index (χ0n) is 15.8. The van der Waals surface area contributed by atoms with Crippen molar-refractivity contribution >= 4 is 33.0 Å². The van der Waals surface area contributed by atoms with Gasteiger partial charge in [-0.25, -0.2) is 8.42 Å². The van der Waals surface area contributed by atoms with E-state index < -0.39 is 10.0 Å². The summed E-state index contributed by atoms with van der Waals surface area (Å²) in [7, 11) is -3.41. The van der Waals surface area contributed by atoms with Crippen LogP contribution in [0.15, 0.2) is 29.2 Å². The van der Waals surface area contributed by atoms with Crippen molar-refractivity contribution in [2.45, 2.75) is 57.3 Å². The number of sulfonamides is 1. The molecule has 0 radical (unpaired) electrons. The average molecular weight is 398 g/mol. The third kappa shape index (κ3) is 5.93. The van der Waals surface area contributed by atoms with Crippen LogP contribution in [0.2, 0.25) is 0 Å². The summed E-state index contributed by atoms with van der Waals surface area (Å²) in [5, 5.41) is 6.92. The SMILES string of the molecule is CCCC[C@@H](CC)CNC(=S)Nc1cccc(S(=O)(=O)N2CCCC2)c1. The number of rotatable bonds is 9. The molecule has 1 aromatic carbocycles. The van der Waals surface area contributed by atoms with Gasteiger partial charge in [-0.1, -0.05) is 39.2 Å². The second-order valence-electron chi connectivity index (χ2n) is 6.89. The first kappa shape index (κ1) is 21.1. The first-order valence-electron chi connectivity index (χ1n) is 9.62. The maximum Gasteiger partial charge on any atom is 0.243 e. The highest BCUT2D eigenvalue weighted by Crippen LogP contribution is 2.23. The molecule has 1 aromatic rings. The Hall–Kier alpha value is -1.18. The monoisotopic (exact) mass is 397 g/mol. The maximum absolute atomic E-state index is 12.7. The molecular weight excluding hydrogens is 366 g/mol. The summed E-state index contributed by atoms with van der Waals surface area (Å²) >= 11 is 5.38. The van der Waals surface area contributed by atoms with E-state index in [1.54, 1.807) is 22.5 Å². The Labute approximate surface area is 163 Å². The second kappa shape index (κ2) is 10.2. The van der Waals surface area contributed by atoms with Crippen LogP contribution in [-0.2, 0) is 10.0 Å². The van der Waals surface area contributed by atoms with Gasteiger partial charge in [-0.15, -0.1) is 0 Å². The van der Waals surface area contributed by atoms with Crippen LogP contribution in [0.5, 0.6) is 0 Å². The number of thiocarbonyl (C=S) groups is 1. The van der Waals surface area contributed by atoms with Crippen LogP contribution in [0.25, 0.3) is 0 Å². The third-order valence-electron chi connectivity index (χ3n) is 4.89. The molecule has 26 heavy (non-hydrogen) atoms. The first-order chi connectivity index (χ1) is 12.5. The van der Waals surface area contributed by atoms with Gasteiger partial charge in [-0.2, -0.15) is 4.31 Å². The van der Waals surface area contributed by atoms with Gasteiger partial charge in [-0.3, -0.25) is 0 Å². The van der Waals surface area contributed by atoms with Crippen LogP contribution in [0, 0.1) is 5.92 Å². The molecule has 0 unspecified atom stereocenters. The number of nitrogens with one attached hydrogen (secondary N) is 2. The molecule has 1 saturated heterocycles.